The Bertz CT molecular complexity index is 644. The zero-order valence-electron chi connectivity index (χ0n) is 12.1. The summed E-state index contributed by atoms with van der Waals surface area (Å²) in [7, 11) is 0. The molecule has 2 aromatic rings. The maximum absolute atomic E-state index is 11.8. The zero-order valence-corrected chi connectivity index (χ0v) is 12.1. The number of likely N-dealkylation sites (tertiary alicyclic amines) is 1. The molecule has 2 heterocycles. The fraction of sp³-hybridized carbons (Fsp3) is 0.375. The Morgan fingerprint density at radius 3 is 3.10 bits per heavy atom. The van der Waals surface area contributed by atoms with E-state index in [0.29, 0.717) is 19.0 Å². The molecule has 0 radical (unpaired) electrons. The maximum atomic E-state index is 11.8. The Kier molecular flexibility index (Phi) is 3.90. The molecule has 0 spiro atoms. The standard InChI is InChI=1S/C16H19N3O2/c1-2-17-16(20)19-10-9-13(11-19)21-15-8-7-12-5-3-4-6-14(12)18-15/h3-8,13H,2,9-11H2,1H3,(H,17,20). The highest BCUT2D eigenvalue weighted by atomic mass is 16.5. The number of hydrogen-bond acceptors (Lipinski definition) is 3. The van der Waals surface area contributed by atoms with E-state index in [1.54, 1.807) is 4.90 Å². The molecule has 3 rings (SSSR count). The molecule has 1 aliphatic heterocycles. The summed E-state index contributed by atoms with van der Waals surface area (Å²) in [5, 5.41) is 3.91. The Morgan fingerprint density at radius 1 is 1.38 bits per heavy atom. The number of nitrogens with one attached hydrogen (secondary N) is 1. The first kappa shape index (κ1) is 13.7. The lowest BCUT2D eigenvalue weighted by Crippen LogP contribution is -2.39. The van der Waals surface area contributed by atoms with Crippen LogP contribution in [0.25, 0.3) is 10.9 Å². The van der Waals surface area contributed by atoms with Gasteiger partial charge in [0.05, 0.1) is 12.1 Å². The number of amides is 2. The van der Waals surface area contributed by atoms with Crippen LogP contribution >= 0.6 is 0 Å². The van der Waals surface area contributed by atoms with Crippen LogP contribution in [-0.4, -0.2) is 41.7 Å². The van der Waals surface area contributed by atoms with Gasteiger partial charge in [0.25, 0.3) is 0 Å². The molecule has 1 aromatic carbocycles. The number of fused-ring (bicyclic) bond motifs is 1. The minimum atomic E-state index is -0.0185. The highest BCUT2D eigenvalue weighted by molar-refractivity contribution is 5.78. The first-order chi connectivity index (χ1) is 10.3. The van der Waals surface area contributed by atoms with E-state index in [0.717, 1.165) is 23.9 Å². The Morgan fingerprint density at radius 2 is 2.24 bits per heavy atom. The van der Waals surface area contributed by atoms with E-state index in [2.05, 4.69) is 10.3 Å². The second-order valence-electron chi connectivity index (χ2n) is 5.15. The largest absolute Gasteiger partial charge is 0.472 e. The maximum Gasteiger partial charge on any atom is 0.317 e. The number of pyridine rings is 1. The third-order valence-corrected chi connectivity index (χ3v) is 3.62. The van der Waals surface area contributed by atoms with E-state index in [1.165, 1.54) is 0 Å². The van der Waals surface area contributed by atoms with Crippen LogP contribution in [0.5, 0.6) is 5.88 Å². The predicted octanol–water partition coefficient (Wildman–Crippen LogP) is 2.42. The molecule has 5 nitrogen and oxygen atoms in total. The van der Waals surface area contributed by atoms with Gasteiger partial charge in [-0.2, -0.15) is 0 Å². The summed E-state index contributed by atoms with van der Waals surface area (Å²) in [5.41, 5.74) is 0.925. The first-order valence-corrected chi connectivity index (χ1v) is 7.31. The van der Waals surface area contributed by atoms with Crippen molar-refractivity contribution >= 4 is 16.9 Å². The molecule has 21 heavy (non-hydrogen) atoms. The number of aromatic nitrogens is 1. The van der Waals surface area contributed by atoms with Crippen LogP contribution in [0.15, 0.2) is 36.4 Å². The van der Waals surface area contributed by atoms with Crippen molar-refractivity contribution in [2.45, 2.75) is 19.4 Å². The monoisotopic (exact) mass is 285 g/mol. The van der Waals surface area contributed by atoms with E-state index in [1.807, 2.05) is 43.3 Å². The average Bonchev–Trinajstić information content (AvgIpc) is 2.96. The average molecular weight is 285 g/mol. The molecule has 1 fully saturated rings. The SMILES string of the molecule is CCNC(=O)N1CCC(Oc2ccc3ccccc3n2)C1. The molecular weight excluding hydrogens is 266 g/mol. The van der Waals surface area contributed by atoms with Crippen molar-refractivity contribution in [1.29, 1.82) is 0 Å². The number of rotatable bonds is 3. The van der Waals surface area contributed by atoms with Gasteiger partial charge >= 0.3 is 6.03 Å². The highest BCUT2D eigenvalue weighted by Gasteiger charge is 2.27. The fourth-order valence-corrected chi connectivity index (χ4v) is 2.56. The van der Waals surface area contributed by atoms with Gasteiger partial charge in [0.1, 0.15) is 6.10 Å². The number of carbonyl (C=O) groups excluding carboxylic acids is 1. The van der Waals surface area contributed by atoms with Gasteiger partial charge in [-0.15, -0.1) is 0 Å². The van der Waals surface area contributed by atoms with Crippen molar-refractivity contribution in [1.82, 2.24) is 15.2 Å². The predicted molar refractivity (Wildman–Crippen MR) is 81.4 cm³/mol. The molecule has 1 N–H and O–H groups in total. The van der Waals surface area contributed by atoms with E-state index >= 15 is 0 Å². The Balaban J connectivity index is 1.65. The van der Waals surface area contributed by atoms with Gasteiger partial charge in [0.2, 0.25) is 5.88 Å². The number of nitrogens with zero attached hydrogens (tertiary/aromatic N) is 2. The topological polar surface area (TPSA) is 54.5 Å². The number of carbonyl (C=O) groups is 1. The van der Waals surface area contributed by atoms with Crippen LogP contribution in [0.1, 0.15) is 13.3 Å². The van der Waals surface area contributed by atoms with Gasteiger partial charge < -0.3 is 15.0 Å². The van der Waals surface area contributed by atoms with Crippen molar-refractivity contribution in [3.63, 3.8) is 0 Å². The van der Waals surface area contributed by atoms with Gasteiger partial charge in [-0.3, -0.25) is 0 Å². The Labute approximate surface area is 123 Å². The molecule has 1 atom stereocenters. The van der Waals surface area contributed by atoms with Crippen molar-refractivity contribution < 1.29 is 9.53 Å². The molecule has 1 saturated heterocycles. The molecule has 1 aliphatic rings. The summed E-state index contributed by atoms with van der Waals surface area (Å²) in [6, 6.07) is 11.8. The highest BCUT2D eigenvalue weighted by Crippen LogP contribution is 2.20. The van der Waals surface area contributed by atoms with Crippen LogP contribution in [0.2, 0.25) is 0 Å². The molecule has 110 valence electrons. The van der Waals surface area contributed by atoms with Gasteiger partial charge in [-0.1, -0.05) is 18.2 Å². The second kappa shape index (κ2) is 5.99. The lowest BCUT2D eigenvalue weighted by atomic mass is 10.2. The smallest absolute Gasteiger partial charge is 0.317 e. The molecule has 0 bridgehead atoms. The van der Waals surface area contributed by atoms with Gasteiger partial charge in [-0.25, -0.2) is 9.78 Å². The lowest BCUT2D eigenvalue weighted by molar-refractivity contribution is 0.184. The Hall–Kier alpha value is -2.30. The van der Waals surface area contributed by atoms with Gasteiger partial charge in [-0.05, 0) is 19.1 Å². The third kappa shape index (κ3) is 3.07. The zero-order chi connectivity index (χ0) is 14.7. The number of hydrogen-bond donors (Lipinski definition) is 1. The molecule has 2 amide bonds. The van der Waals surface area contributed by atoms with Crippen LogP contribution < -0.4 is 10.1 Å². The summed E-state index contributed by atoms with van der Waals surface area (Å²) in [6.07, 6.45) is 0.854. The normalized spacial score (nSPS) is 18.0. The van der Waals surface area contributed by atoms with E-state index in [9.17, 15) is 4.79 Å². The molecule has 0 aliphatic carbocycles. The number of urea groups is 1. The van der Waals surface area contributed by atoms with Crippen LogP contribution in [0.3, 0.4) is 0 Å². The van der Waals surface area contributed by atoms with E-state index < -0.39 is 0 Å². The summed E-state index contributed by atoms with van der Waals surface area (Å²) in [5.74, 6) is 0.622. The van der Waals surface area contributed by atoms with E-state index in [-0.39, 0.29) is 12.1 Å². The van der Waals surface area contributed by atoms with Crippen molar-refractivity contribution in [3.8, 4) is 5.88 Å². The summed E-state index contributed by atoms with van der Waals surface area (Å²) in [4.78, 5) is 18.1. The van der Waals surface area contributed by atoms with Gasteiger partial charge in [0, 0.05) is 31.0 Å². The molecule has 1 aromatic heterocycles. The molecule has 0 saturated carbocycles. The first-order valence-electron chi connectivity index (χ1n) is 7.31. The summed E-state index contributed by atoms with van der Waals surface area (Å²) >= 11 is 0. The molecule has 1 unspecified atom stereocenters. The minimum Gasteiger partial charge on any atom is -0.472 e. The van der Waals surface area contributed by atoms with Crippen LogP contribution in [0.4, 0.5) is 4.79 Å². The molecule has 5 heteroatoms. The number of para-hydroxylation sites is 1. The lowest BCUT2D eigenvalue weighted by Gasteiger charge is -2.17. The summed E-state index contributed by atoms with van der Waals surface area (Å²) in [6.45, 7) is 3.90. The fourth-order valence-electron chi connectivity index (χ4n) is 2.56. The summed E-state index contributed by atoms with van der Waals surface area (Å²) < 4.78 is 5.91. The minimum absolute atomic E-state index is 0.0151. The van der Waals surface area contributed by atoms with Crippen molar-refractivity contribution in [2.24, 2.45) is 0 Å². The van der Waals surface area contributed by atoms with Crippen molar-refractivity contribution in [2.75, 3.05) is 19.6 Å². The van der Waals surface area contributed by atoms with Gasteiger partial charge in [0.15, 0.2) is 0 Å². The number of ether oxygens (including phenoxy) is 1. The third-order valence-electron chi connectivity index (χ3n) is 3.62. The van der Waals surface area contributed by atoms with Crippen LogP contribution in [-0.2, 0) is 0 Å². The van der Waals surface area contributed by atoms with Crippen molar-refractivity contribution in [3.05, 3.63) is 36.4 Å². The second-order valence-corrected chi connectivity index (χ2v) is 5.15. The number of benzene rings is 1. The molecular formula is C16H19N3O2. The van der Waals surface area contributed by atoms with Crippen LogP contribution in [0, 0.1) is 0 Å². The quantitative estimate of drug-likeness (QED) is 0.942. The van der Waals surface area contributed by atoms with E-state index in [4.69, 9.17) is 4.74 Å².